The summed E-state index contributed by atoms with van der Waals surface area (Å²) in [5, 5.41) is 10.3. The summed E-state index contributed by atoms with van der Waals surface area (Å²) in [5.41, 5.74) is 6.23. The van der Waals surface area contributed by atoms with Crippen molar-refractivity contribution >= 4 is 11.5 Å². The Hall–Kier alpha value is -1.71. The zero-order chi connectivity index (χ0) is 12.0. The summed E-state index contributed by atoms with van der Waals surface area (Å²) in [6, 6.07) is 7.77. The monoisotopic (exact) mass is 221 g/mol. The number of nitrogens with two attached hydrogens (primary N) is 1. The Labute approximate surface area is 96.3 Å². The third kappa shape index (κ3) is 4.21. The molecule has 0 atom stereocenters. The largest absolute Gasteiger partial charge is 0.489 e. The Morgan fingerprint density at radius 1 is 1.44 bits per heavy atom. The van der Waals surface area contributed by atoms with Crippen molar-refractivity contribution in [2.75, 3.05) is 11.9 Å². The maximum atomic E-state index is 7.13. The predicted octanol–water partition coefficient (Wildman–Crippen LogP) is 2.21. The summed E-state index contributed by atoms with van der Waals surface area (Å²) < 4.78 is 5.66. The van der Waals surface area contributed by atoms with Crippen molar-refractivity contribution in [3.8, 4) is 5.75 Å². The molecule has 0 aliphatic heterocycles. The average Bonchev–Trinajstić information content (AvgIpc) is 2.19. The highest BCUT2D eigenvalue weighted by atomic mass is 16.5. The van der Waals surface area contributed by atoms with Crippen LogP contribution in [-0.2, 0) is 0 Å². The van der Waals surface area contributed by atoms with Crippen LogP contribution in [-0.4, -0.2) is 18.5 Å². The topological polar surface area (TPSA) is 71.1 Å². The molecule has 0 saturated carbocycles. The molecule has 0 radical (unpaired) electrons. The van der Waals surface area contributed by atoms with Gasteiger partial charge < -0.3 is 15.8 Å². The molecule has 1 rings (SSSR count). The predicted molar refractivity (Wildman–Crippen MR) is 67.2 cm³/mol. The van der Waals surface area contributed by atoms with Crippen LogP contribution in [0, 0.1) is 5.41 Å². The van der Waals surface area contributed by atoms with Crippen LogP contribution < -0.4 is 15.8 Å². The molecule has 16 heavy (non-hydrogen) atoms. The first-order chi connectivity index (χ1) is 7.59. The molecule has 4 nitrogen and oxygen atoms in total. The fraction of sp³-hybridized carbons (Fsp3) is 0.417. The lowest BCUT2D eigenvalue weighted by molar-refractivity contribution is 0.243. The number of hydrogen-bond donors (Lipinski definition) is 3. The Morgan fingerprint density at radius 2 is 2.12 bits per heavy atom. The van der Waals surface area contributed by atoms with Gasteiger partial charge in [0.2, 0.25) is 0 Å². The molecular formula is C12H19N3O. The number of amidine groups is 1. The first-order valence-corrected chi connectivity index (χ1v) is 5.42. The molecule has 0 saturated heterocycles. The van der Waals surface area contributed by atoms with Crippen molar-refractivity contribution in [1.29, 1.82) is 5.41 Å². The fourth-order valence-electron chi connectivity index (χ4n) is 1.30. The molecule has 0 aliphatic carbocycles. The highest BCUT2D eigenvalue weighted by Crippen LogP contribution is 2.24. The van der Waals surface area contributed by atoms with E-state index in [9.17, 15) is 0 Å². The standard InChI is InChI=1S/C12H19N3O/c1-9(2)16-11-6-4-3-5-10(11)15-8-7-12(13)14/h3-6,9,15H,7-8H2,1-2H3,(H3,13,14). The van der Waals surface area contributed by atoms with Crippen molar-refractivity contribution in [3.05, 3.63) is 24.3 Å². The lowest BCUT2D eigenvalue weighted by atomic mass is 10.2. The zero-order valence-corrected chi connectivity index (χ0v) is 9.79. The molecule has 0 amide bonds. The second kappa shape index (κ2) is 6.00. The van der Waals surface area contributed by atoms with Gasteiger partial charge in [0.15, 0.2) is 0 Å². The van der Waals surface area contributed by atoms with Gasteiger partial charge in [0.1, 0.15) is 5.75 Å². The number of nitrogens with one attached hydrogen (secondary N) is 2. The van der Waals surface area contributed by atoms with Crippen LogP contribution >= 0.6 is 0 Å². The van der Waals surface area contributed by atoms with Gasteiger partial charge in [-0.25, -0.2) is 0 Å². The summed E-state index contributed by atoms with van der Waals surface area (Å²) in [6.07, 6.45) is 0.687. The highest BCUT2D eigenvalue weighted by molar-refractivity contribution is 5.77. The maximum absolute atomic E-state index is 7.13. The summed E-state index contributed by atoms with van der Waals surface area (Å²) in [7, 11) is 0. The van der Waals surface area contributed by atoms with Gasteiger partial charge in [0, 0.05) is 13.0 Å². The molecular weight excluding hydrogens is 202 g/mol. The van der Waals surface area contributed by atoms with E-state index in [-0.39, 0.29) is 11.9 Å². The van der Waals surface area contributed by atoms with E-state index in [0.29, 0.717) is 13.0 Å². The summed E-state index contributed by atoms with van der Waals surface area (Å²) in [4.78, 5) is 0. The molecule has 88 valence electrons. The van der Waals surface area contributed by atoms with Gasteiger partial charge >= 0.3 is 0 Å². The van der Waals surface area contributed by atoms with E-state index in [0.717, 1.165) is 11.4 Å². The minimum Gasteiger partial charge on any atom is -0.489 e. The lowest BCUT2D eigenvalue weighted by Gasteiger charge is -2.15. The molecule has 1 aromatic carbocycles. The van der Waals surface area contributed by atoms with Crippen molar-refractivity contribution in [2.24, 2.45) is 5.73 Å². The van der Waals surface area contributed by atoms with Crippen LogP contribution in [0.5, 0.6) is 5.75 Å². The van der Waals surface area contributed by atoms with E-state index in [2.05, 4.69) is 5.32 Å². The fourth-order valence-corrected chi connectivity index (χ4v) is 1.30. The molecule has 0 aromatic heterocycles. The smallest absolute Gasteiger partial charge is 0.142 e. The second-order valence-electron chi connectivity index (χ2n) is 3.86. The molecule has 0 bridgehead atoms. The van der Waals surface area contributed by atoms with Crippen LogP contribution in [0.15, 0.2) is 24.3 Å². The number of ether oxygens (including phenoxy) is 1. The third-order valence-electron chi connectivity index (χ3n) is 1.96. The van der Waals surface area contributed by atoms with Gasteiger partial charge in [-0.15, -0.1) is 0 Å². The summed E-state index contributed by atoms with van der Waals surface area (Å²) in [6.45, 7) is 4.63. The first-order valence-electron chi connectivity index (χ1n) is 5.42. The molecule has 0 unspecified atom stereocenters. The number of benzene rings is 1. The SMILES string of the molecule is CC(C)Oc1ccccc1NCCC(=N)N. The Balaban J connectivity index is 2.60. The lowest BCUT2D eigenvalue weighted by Crippen LogP contribution is -2.16. The quantitative estimate of drug-likeness (QED) is 0.509. The number of hydrogen-bond acceptors (Lipinski definition) is 3. The Kier molecular flexibility index (Phi) is 4.64. The van der Waals surface area contributed by atoms with Crippen LogP contribution in [0.25, 0.3) is 0 Å². The van der Waals surface area contributed by atoms with Gasteiger partial charge in [-0.1, -0.05) is 12.1 Å². The van der Waals surface area contributed by atoms with E-state index in [1.807, 2.05) is 38.1 Å². The van der Waals surface area contributed by atoms with Crippen LogP contribution in [0.4, 0.5) is 5.69 Å². The van der Waals surface area contributed by atoms with Crippen LogP contribution in [0.3, 0.4) is 0 Å². The summed E-state index contributed by atoms with van der Waals surface area (Å²) >= 11 is 0. The minimum atomic E-state index is 0.149. The molecule has 0 aliphatic rings. The van der Waals surface area contributed by atoms with Crippen LogP contribution in [0.2, 0.25) is 0 Å². The third-order valence-corrected chi connectivity index (χ3v) is 1.96. The molecule has 1 aromatic rings. The minimum absolute atomic E-state index is 0.149. The Morgan fingerprint density at radius 3 is 2.75 bits per heavy atom. The number of para-hydroxylation sites is 2. The normalized spacial score (nSPS) is 10.2. The van der Waals surface area contributed by atoms with E-state index in [1.54, 1.807) is 0 Å². The van der Waals surface area contributed by atoms with Crippen molar-refractivity contribution in [1.82, 2.24) is 0 Å². The van der Waals surface area contributed by atoms with Gasteiger partial charge in [-0.2, -0.15) is 0 Å². The summed E-state index contributed by atoms with van der Waals surface area (Å²) in [5.74, 6) is 1.02. The van der Waals surface area contributed by atoms with Crippen molar-refractivity contribution in [3.63, 3.8) is 0 Å². The number of anilines is 1. The van der Waals surface area contributed by atoms with Gasteiger partial charge in [-0.3, -0.25) is 5.41 Å². The Bertz CT molecular complexity index is 350. The van der Waals surface area contributed by atoms with Crippen molar-refractivity contribution in [2.45, 2.75) is 26.4 Å². The van der Waals surface area contributed by atoms with E-state index < -0.39 is 0 Å². The van der Waals surface area contributed by atoms with Gasteiger partial charge in [-0.05, 0) is 26.0 Å². The molecule has 0 heterocycles. The highest BCUT2D eigenvalue weighted by Gasteiger charge is 2.03. The van der Waals surface area contributed by atoms with Crippen molar-refractivity contribution < 1.29 is 4.74 Å². The van der Waals surface area contributed by atoms with E-state index in [4.69, 9.17) is 15.9 Å². The first kappa shape index (κ1) is 12.4. The maximum Gasteiger partial charge on any atom is 0.142 e. The average molecular weight is 221 g/mol. The molecule has 4 heteroatoms. The van der Waals surface area contributed by atoms with Gasteiger partial charge in [0.05, 0.1) is 17.6 Å². The van der Waals surface area contributed by atoms with Gasteiger partial charge in [0.25, 0.3) is 0 Å². The van der Waals surface area contributed by atoms with E-state index >= 15 is 0 Å². The molecule has 0 fully saturated rings. The number of rotatable bonds is 6. The second-order valence-corrected chi connectivity index (χ2v) is 3.86. The van der Waals surface area contributed by atoms with E-state index in [1.165, 1.54) is 0 Å². The molecule has 4 N–H and O–H groups in total. The zero-order valence-electron chi connectivity index (χ0n) is 9.79. The molecule has 0 spiro atoms. The van der Waals surface area contributed by atoms with Crippen LogP contribution in [0.1, 0.15) is 20.3 Å².